The summed E-state index contributed by atoms with van der Waals surface area (Å²) in [5, 5.41) is 7.68. The molecule has 0 aliphatic carbocycles. The number of ether oxygens (including phenoxy) is 2. The highest BCUT2D eigenvalue weighted by atomic mass is 19.4. The molecule has 1 aromatic heterocycles. The lowest BCUT2D eigenvalue weighted by Gasteiger charge is -2.19. The molecule has 0 bridgehead atoms. The minimum absolute atomic E-state index is 0.0556. The van der Waals surface area contributed by atoms with Crippen LogP contribution in [0, 0.1) is 0 Å². The van der Waals surface area contributed by atoms with Crippen molar-refractivity contribution in [1.29, 1.82) is 0 Å². The number of H-pyrrole nitrogens is 1. The van der Waals surface area contributed by atoms with Gasteiger partial charge in [-0.1, -0.05) is 66.7 Å². The molecule has 4 rings (SSSR count). The van der Waals surface area contributed by atoms with Crippen LogP contribution in [0.15, 0.2) is 78.9 Å². The number of carbonyl (C=O) groups is 4. The number of nitrogens with one attached hydrogen (secondary N) is 4. The van der Waals surface area contributed by atoms with Crippen molar-refractivity contribution in [2.75, 3.05) is 25.0 Å². The summed E-state index contributed by atoms with van der Waals surface area (Å²) in [4.78, 5) is 55.2. The molecule has 1 atom stereocenters. The number of nitrogens with zero attached hydrogens (tertiary/aromatic N) is 1. The van der Waals surface area contributed by atoms with E-state index < -0.39 is 49.1 Å². The van der Waals surface area contributed by atoms with Crippen LogP contribution in [0.25, 0.3) is 22.2 Å². The third-order valence-electron chi connectivity index (χ3n) is 5.97. The fourth-order valence-electron chi connectivity index (χ4n) is 3.96. The molecule has 0 aliphatic rings. The minimum Gasteiger partial charge on any atom is -0.448 e. The van der Waals surface area contributed by atoms with Gasteiger partial charge in [-0.15, -0.1) is 0 Å². The zero-order chi connectivity index (χ0) is 30.8. The predicted molar refractivity (Wildman–Crippen MR) is 148 cm³/mol. The maximum Gasteiger partial charge on any atom is 0.491 e. The number of alkyl carbamates (subject to hydrolysis) is 1. The number of rotatable bonds is 11. The fraction of sp³-hybridized carbons (Fsp3) is 0.207. The monoisotopic (exact) mass is 597 g/mol. The van der Waals surface area contributed by atoms with E-state index >= 15 is 0 Å². The number of aromatic nitrogens is 2. The number of para-hydroxylation sites is 2. The number of imidazole rings is 1. The third kappa shape index (κ3) is 9.05. The quantitative estimate of drug-likeness (QED) is 0.114. The molecule has 43 heavy (non-hydrogen) atoms. The molecule has 4 aromatic rings. The number of esters is 2. The minimum atomic E-state index is -5.36. The Bertz CT molecular complexity index is 1540. The number of hydrogen-bond donors (Lipinski definition) is 4. The lowest BCUT2D eigenvalue weighted by Crippen LogP contribution is -2.40. The van der Waals surface area contributed by atoms with E-state index in [9.17, 15) is 32.3 Å². The number of alkyl halides is 3. The summed E-state index contributed by atoms with van der Waals surface area (Å²) in [6, 6.07) is 22.0. The molecule has 3 aromatic carbocycles. The molecule has 2 amide bonds. The molecular formula is C29H26F3N5O6. The zero-order valence-corrected chi connectivity index (χ0v) is 22.4. The number of anilines is 1. The van der Waals surface area contributed by atoms with Crippen molar-refractivity contribution in [2.24, 2.45) is 0 Å². The van der Waals surface area contributed by atoms with Crippen LogP contribution in [0.1, 0.15) is 18.0 Å². The number of hydrogen-bond acceptors (Lipinski definition) is 8. The molecule has 224 valence electrons. The first-order chi connectivity index (χ1) is 20.6. The van der Waals surface area contributed by atoms with Crippen LogP contribution in [-0.2, 0) is 23.9 Å². The first kappa shape index (κ1) is 30.6. The van der Waals surface area contributed by atoms with E-state index in [2.05, 4.69) is 30.7 Å². The van der Waals surface area contributed by atoms with Crippen molar-refractivity contribution in [1.82, 2.24) is 20.6 Å². The molecular weight excluding hydrogens is 571 g/mol. The van der Waals surface area contributed by atoms with Crippen LogP contribution in [0.3, 0.4) is 0 Å². The first-order valence-corrected chi connectivity index (χ1v) is 12.9. The predicted octanol–water partition coefficient (Wildman–Crippen LogP) is 4.25. The van der Waals surface area contributed by atoms with Crippen LogP contribution >= 0.6 is 0 Å². The first-order valence-electron chi connectivity index (χ1n) is 12.9. The van der Waals surface area contributed by atoms with E-state index in [1.807, 2.05) is 54.6 Å². The number of aromatic amines is 1. The number of fused-ring (bicyclic) bond motifs is 1. The number of benzene rings is 3. The van der Waals surface area contributed by atoms with Gasteiger partial charge in [0.25, 0.3) is 0 Å². The summed E-state index contributed by atoms with van der Waals surface area (Å²) >= 11 is 0. The van der Waals surface area contributed by atoms with Crippen molar-refractivity contribution in [3.8, 4) is 11.1 Å². The molecule has 0 aliphatic heterocycles. The van der Waals surface area contributed by atoms with E-state index in [4.69, 9.17) is 4.74 Å². The molecule has 4 N–H and O–H groups in total. The second kappa shape index (κ2) is 14.0. The van der Waals surface area contributed by atoms with Gasteiger partial charge in [-0.25, -0.2) is 14.6 Å². The number of carbonyl (C=O) groups excluding carboxylic acids is 4. The molecule has 1 heterocycles. The topological polar surface area (TPSA) is 152 Å². The van der Waals surface area contributed by atoms with Gasteiger partial charge < -0.3 is 30.4 Å². The fourth-order valence-corrected chi connectivity index (χ4v) is 3.96. The van der Waals surface area contributed by atoms with Crippen molar-refractivity contribution in [3.63, 3.8) is 0 Å². The summed E-state index contributed by atoms with van der Waals surface area (Å²) in [6.07, 6.45) is -7.05. The van der Waals surface area contributed by atoms with Gasteiger partial charge in [-0.05, 0) is 28.8 Å². The second-order valence-corrected chi connectivity index (χ2v) is 9.09. The van der Waals surface area contributed by atoms with Gasteiger partial charge in [0, 0.05) is 0 Å². The summed E-state index contributed by atoms with van der Waals surface area (Å²) in [5.74, 6) is -4.45. The van der Waals surface area contributed by atoms with Gasteiger partial charge in [-0.2, -0.15) is 13.2 Å². The largest absolute Gasteiger partial charge is 0.491 e. The highest BCUT2D eigenvalue weighted by molar-refractivity contribution is 5.89. The highest BCUT2D eigenvalue weighted by Gasteiger charge is 2.42. The van der Waals surface area contributed by atoms with Gasteiger partial charge >= 0.3 is 24.2 Å². The molecule has 0 fully saturated rings. The molecule has 14 heteroatoms. The lowest BCUT2D eigenvalue weighted by molar-refractivity contribution is -0.202. The van der Waals surface area contributed by atoms with E-state index in [1.165, 1.54) is 0 Å². The van der Waals surface area contributed by atoms with Gasteiger partial charge in [0.05, 0.1) is 30.0 Å². The van der Waals surface area contributed by atoms with E-state index in [0.29, 0.717) is 11.5 Å². The zero-order valence-electron chi connectivity index (χ0n) is 22.4. The van der Waals surface area contributed by atoms with Crippen LogP contribution in [0.4, 0.5) is 23.9 Å². The number of halogens is 3. The SMILES string of the molecule is O=C(CNC(=O)OCCNc1nc2ccccc2[nH]1)NC(CC(=O)OC(=O)C(F)(F)F)c1ccc(-c2ccccc2)cc1. The summed E-state index contributed by atoms with van der Waals surface area (Å²) in [5.41, 5.74) is 3.65. The Morgan fingerprint density at radius 2 is 1.56 bits per heavy atom. The van der Waals surface area contributed by atoms with Crippen LogP contribution < -0.4 is 16.0 Å². The Hall–Kier alpha value is -5.40. The molecule has 1 unspecified atom stereocenters. The summed E-state index contributed by atoms with van der Waals surface area (Å²) in [6.45, 7) is -0.399. The molecule has 0 spiro atoms. The maximum absolute atomic E-state index is 12.6. The van der Waals surface area contributed by atoms with E-state index in [-0.39, 0.29) is 13.2 Å². The molecule has 11 nitrogen and oxygen atoms in total. The van der Waals surface area contributed by atoms with Gasteiger partial charge in [0.2, 0.25) is 11.9 Å². The van der Waals surface area contributed by atoms with Crippen molar-refractivity contribution in [3.05, 3.63) is 84.4 Å². The van der Waals surface area contributed by atoms with Crippen molar-refractivity contribution in [2.45, 2.75) is 18.6 Å². The van der Waals surface area contributed by atoms with Crippen LogP contribution in [0.5, 0.6) is 0 Å². The summed E-state index contributed by atoms with van der Waals surface area (Å²) < 4.78 is 46.5. The Kier molecular flexibility index (Phi) is 9.93. The Morgan fingerprint density at radius 3 is 2.26 bits per heavy atom. The average Bonchev–Trinajstić information content (AvgIpc) is 3.41. The third-order valence-corrected chi connectivity index (χ3v) is 5.97. The van der Waals surface area contributed by atoms with Crippen molar-refractivity contribution < 1.29 is 41.8 Å². The Balaban J connectivity index is 1.29. The maximum atomic E-state index is 12.6. The molecule has 0 radical (unpaired) electrons. The van der Waals surface area contributed by atoms with Gasteiger partial charge in [0.15, 0.2) is 0 Å². The second-order valence-electron chi connectivity index (χ2n) is 9.09. The smallest absolute Gasteiger partial charge is 0.448 e. The van der Waals surface area contributed by atoms with Gasteiger partial charge in [0.1, 0.15) is 13.2 Å². The van der Waals surface area contributed by atoms with Crippen LogP contribution in [-0.4, -0.2) is 59.8 Å². The van der Waals surface area contributed by atoms with E-state index in [0.717, 1.165) is 22.2 Å². The molecule has 0 saturated heterocycles. The number of amides is 2. The summed E-state index contributed by atoms with van der Waals surface area (Å²) in [7, 11) is 0. The molecule has 0 saturated carbocycles. The van der Waals surface area contributed by atoms with Crippen molar-refractivity contribution >= 4 is 40.9 Å². The highest BCUT2D eigenvalue weighted by Crippen LogP contribution is 2.24. The van der Waals surface area contributed by atoms with E-state index in [1.54, 1.807) is 24.3 Å². The average molecular weight is 598 g/mol. The lowest BCUT2D eigenvalue weighted by atomic mass is 9.99. The van der Waals surface area contributed by atoms with Gasteiger partial charge in [-0.3, -0.25) is 9.59 Å². The van der Waals surface area contributed by atoms with Crippen LogP contribution in [0.2, 0.25) is 0 Å². The standard InChI is InChI=1S/C29H26F3N5O6/c30-29(31,32)26(40)43-25(39)16-23(20-12-10-19(11-13-20)18-6-2-1-3-7-18)35-24(38)17-34-28(41)42-15-14-33-27-36-21-8-4-5-9-22(21)37-27/h1-13,23H,14-17H2,(H,34,41)(H,35,38)(H2,33,36,37). The normalized spacial score (nSPS) is 11.8. The Labute approximate surface area is 242 Å². The Morgan fingerprint density at radius 1 is 0.884 bits per heavy atom.